The molecule has 8 nitrogen and oxygen atoms in total. The standard InChI is InChI=1S/C27H22BrN3O5S/c1-33-27(32)24-13-22(28)25(37-24)16-36-26-21(14-29)20(18-6-9-35-15-18)12-23(30-26)17-2-4-19(5-3-17)31-7-10-34-11-8-31/h2-6,9,12-13,15H,7-8,10-11,16H2,1H3. The highest BCUT2D eigenvalue weighted by Crippen LogP contribution is 2.36. The highest BCUT2D eigenvalue weighted by molar-refractivity contribution is 9.10. The molecule has 1 aliphatic rings. The predicted molar refractivity (Wildman–Crippen MR) is 143 cm³/mol. The molecule has 0 saturated carbocycles. The summed E-state index contributed by atoms with van der Waals surface area (Å²) in [6.07, 6.45) is 3.15. The summed E-state index contributed by atoms with van der Waals surface area (Å²) in [5.41, 5.74) is 4.39. The van der Waals surface area contributed by atoms with Gasteiger partial charge in [0.05, 0.1) is 43.4 Å². The van der Waals surface area contributed by atoms with Crippen molar-refractivity contribution in [2.45, 2.75) is 6.61 Å². The third-order valence-corrected chi connectivity index (χ3v) is 8.01. The van der Waals surface area contributed by atoms with Gasteiger partial charge >= 0.3 is 5.97 Å². The molecule has 1 aliphatic heterocycles. The average molecular weight is 580 g/mol. The highest BCUT2D eigenvalue weighted by Gasteiger charge is 2.20. The normalized spacial score (nSPS) is 13.3. The van der Waals surface area contributed by atoms with Gasteiger partial charge in [0.1, 0.15) is 23.1 Å². The van der Waals surface area contributed by atoms with Crippen molar-refractivity contribution in [3.05, 3.63) is 74.8 Å². The first kappa shape index (κ1) is 25.0. The Morgan fingerprint density at radius 1 is 1.19 bits per heavy atom. The molecule has 0 atom stereocenters. The van der Waals surface area contributed by atoms with E-state index in [1.54, 1.807) is 24.7 Å². The van der Waals surface area contributed by atoms with Crippen molar-refractivity contribution in [3.8, 4) is 34.3 Å². The maximum atomic E-state index is 11.9. The van der Waals surface area contributed by atoms with Gasteiger partial charge in [0, 0.05) is 39.9 Å². The molecule has 188 valence electrons. The number of morpholine rings is 1. The van der Waals surface area contributed by atoms with Crippen LogP contribution in [0.15, 0.2) is 63.9 Å². The van der Waals surface area contributed by atoms with Crippen LogP contribution in [-0.2, 0) is 16.1 Å². The van der Waals surface area contributed by atoms with Gasteiger partial charge in [0.2, 0.25) is 5.88 Å². The van der Waals surface area contributed by atoms with Crippen LogP contribution in [0.3, 0.4) is 0 Å². The number of carbonyl (C=O) groups excluding carboxylic acids is 1. The van der Waals surface area contributed by atoms with Crippen molar-refractivity contribution in [1.82, 2.24) is 4.98 Å². The van der Waals surface area contributed by atoms with Crippen molar-refractivity contribution in [1.29, 1.82) is 5.26 Å². The van der Waals surface area contributed by atoms with Crippen LogP contribution < -0.4 is 9.64 Å². The topological polar surface area (TPSA) is 97.8 Å². The Labute approximate surface area is 226 Å². The van der Waals surface area contributed by atoms with Crippen molar-refractivity contribution >= 4 is 38.9 Å². The van der Waals surface area contributed by atoms with Crippen LogP contribution in [0.5, 0.6) is 5.88 Å². The smallest absolute Gasteiger partial charge is 0.348 e. The minimum absolute atomic E-state index is 0.119. The van der Waals surface area contributed by atoms with Crippen molar-refractivity contribution < 1.29 is 23.4 Å². The number of aromatic nitrogens is 1. The molecule has 0 bridgehead atoms. The zero-order valence-corrected chi connectivity index (χ0v) is 22.3. The number of pyridine rings is 1. The Kier molecular flexibility index (Phi) is 7.55. The fraction of sp³-hybridized carbons (Fsp3) is 0.222. The van der Waals surface area contributed by atoms with Crippen LogP contribution in [0.4, 0.5) is 5.69 Å². The van der Waals surface area contributed by atoms with Gasteiger partial charge in [-0.25, -0.2) is 9.78 Å². The van der Waals surface area contributed by atoms with Gasteiger partial charge in [-0.3, -0.25) is 0 Å². The Hall–Kier alpha value is -3.65. The molecule has 0 unspecified atom stereocenters. The van der Waals surface area contributed by atoms with Crippen LogP contribution in [0.2, 0.25) is 0 Å². The molecule has 0 radical (unpaired) electrons. The lowest BCUT2D eigenvalue weighted by Crippen LogP contribution is -2.36. The SMILES string of the molecule is COC(=O)c1cc(Br)c(COc2nc(-c3ccc(N4CCOCC4)cc3)cc(-c3ccoc3)c2C#N)s1. The molecule has 5 rings (SSSR count). The molecule has 1 saturated heterocycles. The summed E-state index contributed by atoms with van der Waals surface area (Å²) in [6, 6.07) is 15.8. The van der Waals surface area contributed by atoms with Crippen LogP contribution in [0.25, 0.3) is 22.4 Å². The van der Waals surface area contributed by atoms with E-state index in [1.807, 2.05) is 18.2 Å². The zero-order chi connectivity index (χ0) is 25.8. The monoisotopic (exact) mass is 579 g/mol. The number of thiophene rings is 1. The van der Waals surface area contributed by atoms with Gasteiger partial charge in [0.15, 0.2) is 0 Å². The van der Waals surface area contributed by atoms with E-state index < -0.39 is 5.97 Å². The first-order chi connectivity index (χ1) is 18.1. The van der Waals surface area contributed by atoms with Crippen LogP contribution in [0, 0.1) is 11.3 Å². The van der Waals surface area contributed by atoms with Gasteiger partial charge < -0.3 is 23.5 Å². The molecular weight excluding hydrogens is 558 g/mol. The number of rotatable bonds is 7. The molecule has 1 fully saturated rings. The minimum atomic E-state index is -0.419. The number of esters is 1. The largest absolute Gasteiger partial charge is 0.472 e. The van der Waals surface area contributed by atoms with Crippen molar-refractivity contribution in [2.75, 3.05) is 38.3 Å². The molecule has 37 heavy (non-hydrogen) atoms. The quantitative estimate of drug-likeness (QED) is 0.249. The minimum Gasteiger partial charge on any atom is -0.472 e. The predicted octanol–water partition coefficient (Wildman–Crippen LogP) is 5.91. The summed E-state index contributed by atoms with van der Waals surface area (Å²) >= 11 is 4.73. The van der Waals surface area contributed by atoms with Gasteiger partial charge in [-0.1, -0.05) is 12.1 Å². The summed E-state index contributed by atoms with van der Waals surface area (Å²) < 4.78 is 22.4. The number of carbonyl (C=O) groups is 1. The third kappa shape index (κ3) is 5.39. The molecule has 4 heterocycles. The van der Waals surface area contributed by atoms with E-state index in [9.17, 15) is 10.1 Å². The number of methoxy groups -OCH3 is 1. The summed E-state index contributed by atoms with van der Waals surface area (Å²) in [5, 5.41) is 10.0. The summed E-state index contributed by atoms with van der Waals surface area (Å²) in [6.45, 7) is 3.26. The van der Waals surface area contributed by atoms with Crippen LogP contribution >= 0.6 is 27.3 Å². The van der Waals surface area contributed by atoms with Gasteiger partial charge in [-0.15, -0.1) is 11.3 Å². The van der Waals surface area contributed by atoms with E-state index in [4.69, 9.17) is 23.6 Å². The van der Waals surface area contributed by atoms with Gasteiger partial charge in [-0.2, -0.15) is 5.26 Å². The molecular formula is C27H22BrN3O5S. The van der Waals surface area contributed by atoms with E-state index in [-0.39, 0.29) is 12.5 Å². The van der Waals surface area contributed by atoms with Crippen molar-refractivity contribution in [3.63, 3.8) is 0 Å². The first-order valence-corrected chi connectivity index (χ1v) is 13.1. The number of furan rings is 1. The zero-order valence-electron chi connectivity index (χ0n) is 19.9. The van der Waals surface area contributed by atoms with E-state index in [2.05, 4.69) is 39.0 Å². The molecule has 0 amide bonds. The first-order valence-electron chi connectivity index (χ1n) is 11.5. The number of ether oxygens (including phenoxy) is 3. The van der Waals surface area contributed by atoms with Gasteiger partial charge in [0.25, 0.3) is 0 Å². The lowest BCUT2D eigenvalue weighted by atomic mass is 10.0. The number of hydrogen-bond acceptors (Lipinski definition) is 9. The number of nitriles is 1. The molecule has 1 aromatic carbocycles. The van der Waals surface area contributed by atoms with E-state index in [0.717, 1.165) is 52.5 Å². The number of nitrogens with zero attached hydrogens (tertiary/aromatic N) is 3. The number of anilines is 1. The second-order valence-corrected chi connectivity index (χ2v) is 10.2. The van der Waals surface area contributed by atoms with Crippen molar-refractivity contribution in [2.24, 2.45) is 0 Å². The fourth-order valence-corrected chi connectivity index (χ4v) is 5.65. The fourth-order valence-electron chi connectivity index (χ4n) is 4.03. The number of benzene rings is 1. The molecule has 3 aromatic heterocycles. The van der Waals surface area contributed by atoms with E-state index >= 15 is 0 Å². The van der Waals surface area contributed by atoms with Crippen LogP contribution in [-0.4, -0.2) is 44.4 Å². The molecule has 0 N–H and O–H groups in total. The van der Waals surface area contributed by atoms with Crippen LogP contribution in [0.1, 0.15) is 20.1 Å². The Morgan fingerprint density at radius 2 is 1.97 bits per heavy atom. The Morgan fingerprint density at radius 3 is 2.65 bits per heavy atom. The second-order valence-electron chi connectivity index (χ2n) is 8.17. The second kappa shape index (κ2) is 11.2. The van der Waals surface area contributed by atoms with E-state index in [1.165, 1.54) is 18.4 Å². The maximum absolute atomic E-state index is 11.9. The molecule has 10 heteroatoms. The average Bonchev–Trinajstić information content (AvgIpc) is 3.61. The summed E-state index contributed by atoms with van der Waals surface area (Å²) in [5.74, 6) is -0.217. The lowest BCUT2D eigenvalue weighted by molar-refractivity contribution is 0.0606. The molecule has 0 aliphatic carbocycles. The Balaban J connectivity index is 1.49. The summed E-state index contributed by atoms with van der Waals surface area (Å²) in [7, 11) is 1.34. The number of hydrogen-bond donors (Lipinski definition) is 0. The van der Waals surface area contributed by atoms with E-state index in [0.29, 0.717) is 21.7 Å². The number of halogens is 1. The van der Waals surface area contributed by atoms with Gasteiger partial charge in [-0.05, 0) is 46.3 Å². The Bertz CT molecular complexity index is 1440. The molecule has 4 aromatic rings. The summed E-state index contributed by atoms with van der Waals surface area (Å²) in [4.78, 5) is 20.1. The third-order valence-electron chi connectivity index (χ3n) is 5.95. The highest BCUT2D eigenvalue weighted by atomic mass is 79.9. The lowest BCUT2D eigenvalue weighted by Gasteiger charge is -2.28. The maximum Gasteiger partial charge on any atom is 0.348 e. The molecule has 0 spiro atoms.